The average molecular weight is 732 g/mol. The van der Waals surface area contributed by atoms with Crippen LogP contribution in [0.15, 0.2) is 24.3 Å². The Morgan fingerprint density at radius 3 is 1.52 bits per heavy atom. The summed E-state index contributed by atoms with van der Waals surface area (Å²) in [7, 11) is 4.05. The first-order valence-corrected chi connectivity index (χ1v) is 22.2. The first-order chi connectivity index (χ1) is 25.4. The maximum Gasteiger partial charge on any atom is 0.306 e. The fourth-order valence-corrected chi connectivity index (χ4v) is 6.53. The van der Waals surface area contributed by atoms with Gasteiger partial charge in [0.2, 0.25) is 0 Å². The van der Waals surface area contributed by atoms with Crippen LogP contribution in [-0.4, -0.2) is 56.0 Å². The van der Waals surface area contributed by atoms with Gasteiger partial charge in [-0.05, 0) is 97.7 Å². The smallest absolute Gasteiger partial charge is 0.306 e. The summed E-state index contributed by atoms with van der Waals surface area (Å²) in [5, 5.41) is 0. The van der Waals surface area contributed by atoms with Crippen LogP contribution in [0.3, 0.4) is 0 Å². The van der Waals surface area contributed by atoms with Crippen molar-refractivity contribution in [2.24, 2.45) is 0 Å². The van der Waals surface area contributed by atoms with Crippen molar-refractivity contribution in [3.05, 3.63) is 24.3 Å². The van der Waals surface area contributed by atoms with Gasteiger partial charge >= 0.3 is 11.9 Å². The van der Waals surface area contributed by atoms with E-state index in [1.165, 1.54) is 77.0 Å². The van der Waals surface area contributed by atoms with Gasteiger partial charge in [0, 0.05) is 25.7 Å². The van der Waals surface area contributed by atoms with Crippen molar-refractivity contribution < 1.29 is 23.9 Å². The number of ether oxygens (including phenoxy) is 2. The van der Waals surface area contributed by atoms with Gasteiger partial charge < -0.3 is 14.4 Å². The van der Waals surface area contributed by atoms with Crippen LogP contribution >= 0.6 is 0 Å². The molecule has 0 aliphatic carbocycles. The fraction of sp³-hybridized carbons (Fsp3) is 0.848. The number of ketones is 1. The summed E-state index contributed by atoms with van der Waals surface area (Å²) in [4.78, 5) is 39.0. The Bertz CT molecular complexity index is 811. The number of carbonyl (C=O) groups excluding carboxylic acids is 3. The molecule has 0 spiro atoms. The first-order valence-electron chi connectivity index (χ1n) is 22.2. The highest BCUT2D eigenvalue weighted by molar-refractivity contribution is 5.78. The number of carbonyl (C=O) groups is 3. The summed E-state index contributed by atoms with van der Waals surface area (Å²) in [5.41, 5.74) is 0. The van der Waals surface area contributed by atoms with Crippen molar-refractivity contribution in [2.45, 2.75) is 225 Å². The van der Waals surface area contributed by atoms with Crippen molar-refractivity contribution in [1.82, 2.24) is 4.90 Å². The van der Waals surface area contributed by atoms with Gasteiger partial charge in [-0.3, -0.25) is 14.4 Å². The minimum atomic E-state index is -0.0983. The normalized spacial score (nSPS) is 12.3. The number of allylic oxidation sites excluding steroid dienone is 3. The Balaban J connectivity index is 4.08. The van der Waals surface area contributed by atoms with Crippen LogP contribution in [0.1, 0.15) is 219 Å². The van der Waals surface area contributed by atoms with E-state index in [4.69, 9.17) is 9.47 Å². The molecule has 1 atom stereocenters. The minimum absolute atomic E-state index is 0.00774. The van der Waals surface area contributed by atoms with Crippen molar-refractivity contribution in [1.29, 1.82) is 0 Å². The molecule has 0 aliphatic rings. The Labute approximate surface area is 322 Å². The summed E-state index contributed by atoms with van der Waals surface area (Å²) in [6, 6.07) is 0. The average Bonchev–Trinajstić information content (AvgIpc) is 3.12. The SMILES string of the molecule is CCCCCCCC/C=C\CCC(=O)CCCCCCCC(CCCCCCCC(=O)OC/C=C\CCCCCCCC)OC(=O)CCCN(C)C. The van der Waals surface area contributed by atoms with Crippen LogP contribution in [0.2, 0.25) is 0 Å². The predicted octanol–water partition coefficient (Wildman–Crippen LogP) is 13.2. The minimum Gasteiger partial charge on any atom is -0.462 e. The van der Waals surface area contributed by atoms with E-state index in [9.17, 15) is 14.4 Å². The molecule has 6 nitrogen and oxygen atoms in total. The van der Waals surface area contributed by atoms with Crippen molar-refractivity contribution in [3.8, 4) is 0 Å². The lowest BCUT2D eigenvalue weighted by Crippen LogP contribution is -2.20. The van der Waals surface area contributed by atoms with E-state index in [0.29, 0.717) is 38.1 Å². The lowest BCUT2D eigenvalue weighted by molar-refractivity contribution is -0.150. The molecule has 0 N–H and O–H groups in total. The summed E-state index contributed by atoms with van der Waals surface area (Å²) >= 11 is 0. The number of hydrogen-bond acceptors (Lipinski definition) is 6. The van der Waals surface area contributed by atoms with Crippen molar-refractivity contribution in [2.75, 3.05) is 27.2 Å². The maximum atomic E-state index is 12.6. The van der Waals surface area contributed by atoms with Gasteiger partial charge in [0.15, 0.2) is 0 Å². The third-order valence-electron chi connectivity index (χ3n) is 9.89. The summed E-state index contributed by atoms with van der Waals surface area (Å²) < 4.78 is 11.3. The van der Waals surface area contributed by atoms with E-state index >= 15 is 0 Å². The molecule has 0 aliphatic heterocycles. The third kappa shape index (κ3) is 39.3. The van der Waals surface area contributed by atoms with Crippen LogP contribution in [0, 0.1) is 0 Å². The number of rotatable bonds is 40. The van der Waals surface area contributed by atoms with Gasteiger partial charge in [0.05, 0.1) is 0 Å². The Hall–Kier alpha value is -1.95. The van der Waals surface area contributed by atoms with Gasteiger partial charge in [-0.15, -0.1) is 0 Å². The molecular weight excluding hydrogens is 647 g/mol. The monoisotopic (exact) mass is 732 g/mol. The Kier molecular flexibility index (Phi) is 38.7. The van der Waals surface area contributed by atoms with Crippen molar-refractivity contribution >= 4 is 17.7 Å². The molecule has 6 heteroatoms. The van der Waals surface area contributed by atoms with Crippen LogP contribution < -0.4 is 0 Å². The maximum absolute atomic E-state index is 12.6. The van der Waals surface area contributed by atoms with E-state index in [2.05, 4.69) is 37.0 Å². The molecule has 52 heavy (non-hydrogen) atoms. The quantitative estimate of drug-likeness (QED) is 0.0355. The zero-order valence-electron chi connectivity index (χ0n) is 34.9. The van der Waals surface area contributed by atoms with Crippen LogP contribution in [-0.2, 0) is 23.9 Å². The van der Waals surface area contributed by atoms with Crippen LogP contribution in [0.4, 0.5) is 0 Å². The summed E-state index contributed by atoms with van der Waals surface area (Å²) in [6.45, 7) is 5.78. The van der Waals surface area contributed by atoms with Gasteiger partial charge in [0.25, 0.3) is 0 Å². The van der Waals surface area contributed by atoms with E-state index in [1.54, 1.807) is 0 Å². The highest BCUT2D eigenvalue weighted by Crippen LogP contribution is 2.18. The standard InChI is InChI=1S/C46H85NO5/c1-5-7-9-11-13-15-16-18-22-28-35-43(48)36-29-23-20-24-30-37-44(52-46(50)40-34-41-47(3)4)38-31-25-21-26-32-39-45(49)51-42-33-27-19-17-14-12-10-8-6-2/h18,22,27,33,44H,5-17,19-21,23-26,28-32,34-42H2,1-4H3/b22-18-,33-27-. The molecule has 0 bridgehead atoms. The number of Topliss-reactive ketones (excluding diaryl/α,β-unsaturated/α-hetero) is 1. The van der Waals surface area contributed by atoms with Gasteiger partial charge in [-0.25, -0.2) is 0 Å². The molecule has 0 aromatic heterocycles. The lowest BCUT2D eigenvalue weighted by Gasteiger charge is -2.18. The molecule has 0 aromatic carbocycles. The first kappa shape index (κ1) is 50.1. The molecule has 1 unspecified atom stereocenters. The van der Waals surface area contributed by atoms with E-state index < -0.39 is 0 Å². The zero-order chi connectivity index (χ0) is 38.2. The highest BCUT2D eigenvalue weighted by atomic mass is 16.5. The van der Waals surface area contributed by atoms with Gasteiger partial charge in [-0.2, -0.15) is 0 Å². The molecular formula is C46H85NO5. The molecule has 0 radical (unpaired) electrons. The predicted molar refractivity (Wildman–Crippen MR) is 222 cm³/mol. The summed E-state index contributed by atoms with van der Waals surface area (Å²) in [6.07, 6.45) is 43.0. The third-order valence-corrected chi connectivity index (χ3v) is 9.89. The fourth-order valence-electron chi connectivity index (χ4n) is 6.53. The number of nitrogens with zero attached hydrogens (tertiary/aromatic N) is 1. The molecule has 0 rings (SSSR count). The molecule has 0 saturated heterocycles. The Morgan fingerprint density at radius 1 is 0.481 bits per heavy atom. The molecule has 0 heterocycles. The number of hydrogen-bond donors (Lipinski definition) is 0. The van der Waals surface area contributed by atoms with E-state index in [-0.39, 0.29) is 18.0 Å². The lowest BCUT2D eigenvalue weighted by atomic mass is 10.0. The second kappa shape index (κ2) is 40.2. The molecule has 304 valence electrons. The number of esters is 2. The molecule has 0 aromatic rings. The second-order valence-electron chi connectivity index (χ2n) is 15.4. The van der Waals surface area contributed by atoms with Crippen molar-refractivity contribution in [3.63, 3.8) is 0 Å². The largest absolute Gasteiger partial charge is 0.462 e. The Morgan fingerprint density at radius 2 is 0.942 bits per heavy atom. The molecule has 0 amide bonds. The van der Waals surface area contributed by atoms with E-state index in [1.807, 2.05) is 20.2 Å². The number of unbranched alkanes of at least 4 members (excludes halogenated alkanes) is 20. The molecule has 0 saturated carbocycles. The molecule has 0 fully saturated rings. The van der Waals surface area contributed by atoms with Crippen LogP contribution in [0.25, 0.3) is 0 Å². The highest BCUT2D eigenvalue weighted by Gasteiger charge is 2.14. The van der Waals surface area contributed by atoms with E-state index in [0.717, 1.165) is 109 Å². The van der Waals surface area contributed by atoms with Crippen LogP contribution in [0.5, 0.6) is 0 Å². The van der Waals surface area contributed by atoms with Gasteiger partial charge in [-0.1, -0.05) is 141 Å². The zero-order valence-corrected chi connectivity index (χ0v) is 34.9. The summed E-state index contributed by atoms with van der Waals surface area (Å²) in [5.74, 6) is 0.226. The topological polar surface area (TPSA) is 72.9 Å². The second-order valence-corrected chi connectivity index (χ2v) is 15.4. The van der Waals surface area contributed by atoms with Gasteiger partial charge in [0.1, 0.15) is 18.5 Å².